The second kappa shape index (κ2) is 2.52. The van der Waals surface area contributed by atoms with E-state index in [0.717, 1.165) is 13.1 Å². The van der Waals surface area contributed by atoms with Crippen LogP contribution in [0.25, 0.3) is 0 Å². The summed E-state index contributed by atoms with van der Waals surface area (Å²) in [6.45, 7) is 1.76. The molecule has 0 spiro atoms. The molecule has 1 aliphatic rings. The van der Waals surface area contributed by atoms with Crippen LogP contribution in [0.4, 0.5) is 0 Å². The highest BCUT2D eigenvalue weighted by molar-refractivity contribution is 7.89. The van der Waals surface area contributed by atoms with E-state index >= 15 is 0 Å². The average Bonchev–Trinajstić information content (AvgIpc) is 1.69. The van der Waals surface area contributed by atoms with Crippen molar-refractivity contribution in [3.05, 3.63) is 0 Å². The Morgan fingerprint density at radius 3 is 2.57 bits per heavy atom. The van der Waals surface area contributed by atoms with Crippen molar-refractivity contribution in [3.8, 4) is 0 Å². The van der Waals surface area contributed by atoms with E-state index in [1.807, 2.05) is 0 Å². The summed E-state index contributed by atoms with van der Waals surface area (Å²) in [7, 11) is 0. The SMILES string of the molecule is [O-][S+]1CNCCN1. The summed E-state index contributed by atoms with van der Waals surface area (Å²) in [6.07, 6.45) is 0. The topological polar surface area (TPSA) is 47.1 Å². The third-order valence-electron chi connectivity index (χ3n) is 0.798. The van der Waals surface area contributed by atoms with Gasteiger partial charge in [0.25, 0.3) is 0 Å². The molecule has 0 saturated carbocycles. The number of nitrogens with one attached hydrogen (secondary N) is 2. The van der Waals surface area contributed by atoms with Crippen molar-refractivity contribution in [2.24, 2.45) is 0 Å². The highest BCUT2D eigenvalue weighted by Crippen LogP contribution is 1.82. The zero-order valence-corrected chi connectivity index (χ0v) is 4.75. The third kappa shape index (κ3) is 1.65. The van der Waals surface area contributed by atoms with Crippen LogP contribution >= 0.6 is 0 Å². The molecule has 42 valence electrons. The van der Waals surface area contributed by atoms with Gasteiger partial charge in [0.1, 0.15) is 0 Å². The van der Waals surface area contributed by atoms with E-state index in [2.05, 4.69) is 10.0 Å². The van der Waals surface area contributed by atoms with Crippen molar-refractivity contribution in [2.45, 2.75) is 0 Å². The van der Waals surface area contributed by atoms with Gasteiger partial charge in [0.05, 0.1) is 17.9 Å². The maximum Gasteiger partial charge on any atom is 0.176 e. The Kier molecular flexibility index (Phi) is 1.93. The summed E-state index contributed by atoms with van der Waals surface area (Å²) in [5.74, 6) is 0.597. The smallest absolute Gasteiger partial charge is 0.176 e. The molecule has 3 nitrogen and oxygen atoms in total. The lowest BCUT2D eigenvalue weighted by atomic mass is 10.7. The molecule has 0 amide bonds. The Morgan fingerprint density at radius 2 is 2.29 bits per heavy atom. The number of hydrogen-bond donors (Lipinski definition) is 2. The lowest BCUT2D eigenvalue weighted by Crippen LogP contribution is -2.44. The van der Waals surface area contributed by atoms with Gasteiger partial charge in [-0.05, 0) is 0 Å². The largest absolute Gasteiger partial charge is 0.597 e. The van der Waals surface area contributed by atoms with Crippen LogP contribution in [0.2, 0.25) is 0 Å². The predicted octanol–water partition coefficient (Wildman–Crippen LogP) is -1.20. The first kappa shape index (κ1) is 5.37. The maximum atomic E-state index is 10.4. The summed E-state index contributed by atoms with van der Waals surface area (Å²) < 4.78 is 13.2. The summed E-state index contributed by atoms with van der Waals surface area (Å²) in [4.78, 5) is 0. The quantitative estimate of drug-likeness (QED) is 0.395. The van der Waals surface area contributed by atoms with E-state index in [1.165, 1.54) is 0 Å². The van der Waals surface area contributed by atoms with Crippen molar-refractivity contribution in [3.63, 3.8) is 0 Å². The molecule has 0 aromatic rings. The molecule has 1 atom stereocenters. The van der Waals surface area contributed by atoms with Crippen molar-refractivity contribution < 1.29 is 4.55 Å². The standard InChI is InChI=1S/C3H8N2OS/c6-7-3-4-1-2-5-7/h4-5H,1-3H2. The molecule has 0 bridgehead atoms. The van der Waals surface area contributed by atoms with Gasteiger partial charge in [0.2, 0.25) is 0 Å². The number of hydrogen-bond acceptors (Lipinski definition) is 3. The predicted molar refractivity (Wildman–Crippen MR) is 29.0 cm³/mol. The number of rotatable bonds is 0. The van der Waals surface area contributed by atoms with Crippen LogP contribution in [-0.2, 0) is 11.4 Å². The summed E-state index contributed by atoms with van der Waals surface area (Å²) in [5, 5.41) is 2.97. The van der Waals surface area contributed by atoms with Gasteiger partial charge in [-0.3, -0.25) is 5.32 Å². The molecule has 1 fully saturated rings. The van der Waals surface area contributed by atoms with Gasteiger partial charge in [0.15, 0.2) is 5.88 Å². The molecule has 1 saturated heterocycles. The van der Waals surface area contributed by atoms with Crippen molar-refractivity contribution in [2.75, 3.05) is 19.0 Å². The molecule has 2 N–H and O–H groups in total. The molecule has 1 unspecified atom stereocenters. The van der Waals surface area contributed by atoms with E-state index in [0.29, 0.717) is 5.88 Å². The van der Waals surface area contributed by atoms with Crippen LogP contribution in [-0.4, -0.2) is 23.5 Å². The molecule has 0 aromatic carbocycles. The molecular formula is C3H8N2OS. The highest BCUT2D eigenvalue weighted by atomic mass is 32.2. The Labute approximate surface area is 45.8 Å². The molecule has 0 radical (unpaired) electrons. The van der Waals surface area contributed by atoms with Crippen LogP contribution in [0, 0.1) is 0 Å². The fourth-order valence-corrected chi connectivity index (χ4v) is 1.23. The van der Waals surface area contributed by atoms with Gasteiger partial charge >= 0.3 is 0 Å². The maximum absolute atomic E-state index is 10.4. The second-order valence-electron chi connectivity index (χ2n) is 1.38. The fourth-order valence-electron chi connectivity index (χ4n) is 0.469. The molecular weight excluding hydrogens is 112 g/mol. The molecule has 0 aromatic heterocycles. The molecule has 4 heteroatoms. The van der Waals surface area contributed by atoms with Gasteiger partial charge in [0, 0.05) is 6.54 Å². The molecule has 1 rings (SSSR count). The highest BCUT2D eigenvalue weighted by Gasteiger charge is 2.08. The fraction of sp³-hybridized carbons (Fsp3) is 1.00. The monoisotopic (exact) mass is 120 g/mol. The first-order valence-corrected chi connectivity index (χ1v) is 3.54. The lowest BCUT2D eigenvalue weighted by molar-refractivity contribution is 0.554. The Hall–Kier alpha value is 0.230. The van der Waals surface area contributed by atoms with E-state index < -0.39 is 11.4 Å². The van der Waals surface area contributed by atoms with Gasteiger partial charge in [-0.15, -0.1) is 4.72 Å². The minimum atomic E-state index is -0.801. The summed E-state index contributed by atoms with van der Waals surface area (Å²) in [5.41, 5.74) is 0. The first-order valence-electron chi connectivity index (χ1n) is 2.22. The molecule has 7 heavy (non-hydrogen) atoms. The summed E-state index contributed by atoms with van der Waals surface area (Å²) in [6, 6.07) is 0. The Bertz CT molecular complexity index is 54.9. The van der Waals surface area contributed by atoms with Gasteiger partial charge in [-0.2, -0.15) is 0 Å². The Morgan fingerprint density at radius 1 is 1.43 bits per heavy atom. The molecule has 1 aliphatic heterocycles. The minimum Gasteiger partial charge on any atom is -0.597 e. The molecule has 0 aliphatic carbocycles. The van der Waals surface area contributed by atoms with Crippen molar-refractivity contribution in [1.82, 2.24) is 10.0 Å². The lowest BCUT2D eigenvalue weighted by Gasteiger charge is -2.16. The van der Waals surface area contributed by atoms with Crippen LogP contribution in [0.1, 0.15) is 0 Å². The summed E-state index contributed by atoms with van der Waals surface area (Å²) >= 11 is -0.801. The van der Waals surface area contributed by atoms with E-state index in [4.69, 9.17) is 0 Å². The van der Waals surface area contributed by atoms with Crippen LogP contribution < -0.4 is 10.0 Å². The second-order valence-corrected chi connectivity index (χ2v) is 2.65. The van der Waals surface area contributed by atoms with Crippen LogP contribution in [0.15, 0.2) is 0 Å². The zero-order valence-electron chi connectivity index (χ0n) is 3.94. The zero-order chi connectivity index (χ0) is 5.11. The Balaban J connectivity index is 2.12. The van der Waals surface area contributed by atoms with Crippen molar-refractivity contribution in [1.29, 1.82) is 0 Å². The third-order valence-corrected chi connectivity index (χ3v) is 1.79. The van der Waals surface area contributed by atoms with Gasteiger partial charge in [-0.1, -0.05) is 0 Å². The van der Waals surface area contributed by atoms with Crippen LogP contribution in [0.3, 0.4) is 0 Å². The minimum absolute atomic E-state index is 0.597. The first-order chi connectivity index (χ1) is 3.39. The van der Waals surface area contributed by atoms with Gasteiger partial charge in [-0.25, -0.2) is 0 Å². The van der Waals surface area contributed by atoms with E-state index in [9.17, 15) is 4.55 Å². The van der Waals surface area contributed by atoms with Crippen molar-refractivity contribution >= 4 is 11.4 Å². The van der Waals surface area contributed by atoms with Gasteiger partial charge < -0.3 is 4.55 Å². The van der Waals surface area contributed by atoms with E-state index in [-0.39, 0.29) is 0 Å². The normalized spacial score (nSPS) is 33.0. The average molecular weight is 120 g/mol. The molecule has 1 heterocycles. The van der Waals surface area contributed by atoms with E-state index in [1.54, 1.807) is 0 Å². The van der Waals surface area contributed by atoms with Crippen LogP contribution in [0.5, 0.6) is 0 Å².